The van der Waals surface area contributed by atoms with Gasteiger partial charge in [0, 0.05) is 5.41 Å². The van der Waals surface area contributed by atoms with Crippen molar-refractivity contribution in [1.82, 2.24) is 15.2 Å². The normalized spacial score (nSPS) is 11.0. The zero-order valence-electron chi connectivity index (χ0n) is 11.9. The van der Waals surface area contributed by atoms with Gasteiger partial charge in [0.25, 0.3) is 5.91 Å². The van der Waals surface area contributed by atoms with E-state index in [2.05, 4.69) is 20.5 Å². The molecule has 6 nitrogen and oxygen atoms in total. The number of amides is 1. The topological polar surface area (TPSA) is 94.5 Å². The number of aromatic amines is 1. The molecule has 0 saturated carbocycles. The fourth-order valence-electron chi connectivity index (χ4n) is 1.57. The van der Waals surface area contributed by atoms with Crippen LogP contribution in [0.15, 0.2) is 18.2 Å². The Bertz CT molecular complexity index is 724. The highest BCUT2D eigenvalue weighted by molar-refractivity contribution is 6.33. The lowest BCUT2D eigenvalue weighted by atomic mass is 9.96. The molecule has 0 saturated heterocycles. The molecule has 0 bridgehead atoms. The second-order valence-electron chi connectivity index (χ2n) is 5.52. The van der Waals surface area contributed by atoms with Crippen molar-refractivity contribution >= 4 is 23.2 Å². The Morgan fingerprint density at radius 2 is 2.14 bits per heavy atom. The fourth-order valence-corrected chi connectivity index (χ4v) is 1.73. The van der Waals surface area contributed by atoms with Gasteiger partial charge in [0.1, 0.15) is 5.82 Å². The second-order valence-corrected chi connectivity index (χ2v) is 5.93. The molecule has 108 valence electrons. The zero-order chi connectivity index (χ0) is 15.6. The average molecular weight is 304 g/mol. The third-order valence-corrected chi connectivity index (χ3v) is 3.07. The number of anilines is 1. The largest absolute Gasteiger partial charge is 0.318 e. The van der Waals surface area contributed by atoms with E-state index in [4.69, 9.17) is 16.9 Å². The Labute approximate surface area is 127 Å². The van der Waals surface area contributed by atoms with Gasteiger partial charge in [-0.1, -0.05) is 32.4 Å². The first kappa shape index (κ1) is 15.0. The first-order valence-electron chi connectivity index (χ1n) is 6.25. The molecule has 0 aliphatic carbocycles. The number of carbonyl (C=O) groups is 1. The highest BCUT2D eigenvalue weighted by Crippen LogP contribution is 2.23. The molecule has 2 aromatic rings. The number of nitrogens with zero attached hydrogens (tertiary/aromatic N) is 3. The van der Waals surface area contributed by atoms with Crippen LogP contribution in [0.5, 0.6) is 0 Å². The van der Waals surface area contributed by atoms with Crippen LogP contribution in [0.25, 0.3) is 0 Å². The summed E-state index contributed by atoms with van der Waals surface area (Å²) in [6.45, 7) is 5.88. The molecule has 1 heterocycles. The van der Waals surface area contributed by atoms with Gasteiger partial charge in [-0.3, -0.25) is 9.89 Å². The van der Waals surface area contributed by atoms with Gasteiger partial charge >= 0.3 is 0 Å². The summed E-state index contributed by atoms with van der Waals surface area (Å²) in [5, 5.41) is 18.4. The van der Waals surface area contributed by atoms with Crippen molar-refractivity contribution in [3.63, 3.8) is 0 Å². The number of nitriles is 1. The molecule has 0 atom stereocenters. The van der Waals surface area contributed by atoms with Gasteiger partial charge in [0.15, 0.2) is 0 Å². The number of hydrogen-bond donors (Lipinski definition) is 2. The maximum Gasteiger partial charge on any atom is 0.295 e. The Kier molecular flexibility index (Phi) is 3.96. The summed E-state index contributed by atoms with van der Waals surface area (Å²) >= 11 is 5.99. The first-order valence-corrected chi connectivity index (χ1v) is 6.63. The summed E-state index contributed by atoms with van der Waals surface area (Å²) in [4.78, 5) is 16.3. The molecule has 0 aliphatic heterocycles. The Balaban J connectivity index is 2.23. The van der Waals surface area contributed by atoms with Gasteiger partial charge in [0.2, 0.25) is 5.82 Å². The fraction of sp³-hybridized carbons (Fsp3) is 0.286. The predicted octanol–water partition coefficient (Wildman–Crippen LogP) is 2.88. The average Bonchev–Trinajstić information content (AvgIpc) is 2.91. The van der Waals surface area contributed by atoms with E-state index in [1.54, 1.807) is 12.1 Å². The maximum atomic E-state index is 12.1. The molecule has 7 heteroatoms. The molecule has 1 aromatic heterocycles. The Morgan fingerprint density at radius 3 is 2.71 bits per heavy atom. The monoisotopic (exact) mass is 303 g/mol. The maximum absolute atomic E-state index is 12.1. The summed E-state index contributed by atoms with van der Waals surface area (Å²) in [7, 11) is 0. The first-order chi connectivity index (χ1) is 9.81. The van der Waals surface area contributed by atoms with Crippen molar-refractivity contribution in [2.75, 3.05) is 5.32 Å². The van der Waals surface area contributed by atoms with E-state index >= 15 is 0 Å². The van der Waals surface area contributed by atoms with Gasteiger partial charge in [-0.25, -0.2) is 4.98 Å². The molecule has 21 heavy (non-hydrogen) atoms. The van der Waals surface area contributed by atoms with Crippen LogP contribution >= 0.6 is 11.6 Å². The standard InChI is InChI=1S/C14H14ClN5O/c1-14(2,3)13-18-11(19-20-13)12(21)17-10-6-8(7-16)4-5-9(10)15/h4-6H,1-3H3,(H,17,21)(H,18,19,20). The van der Waals surface area contributed by atoms with Crippen LogP contribution in [0.3, 0.4) is 0 Å². The van der Waals surface area contributed by atoms with Crippen molar-refractivity contribution in [2.45, 2.75) is 26.2 Å². The van der Waals surface area contributed by atoms with Gasteiger partial charge in [-0.15, -0.1) is 5.10 Å². The molecular formula is C14H14ClN5O. The van der Waals surface area contributed by atoms with Crippen molar-refractivity contribution in [1.29, 1.82) is 5.26 Å². The van der Waals surface area contributed by atoms with Crippen LogP contribution in [0, 0.1) is 11.3 Å². The SMILES string of the molecule is CC(C)(C)c1nc(C(=O)Nc2cc(C#N)ccc2Cl)n[nH]1. The highest BCUT2D eigenvalue weighted by atomic mass is 35.5. The lowest BCUT2D eigenvalue weighted by Crippen LogP contribution is -2.16. The van der Waals surface area contributed by atoms with Gasteiger partial charge in [-0.05, 0) is 18.2 Å². The number of H-pyrrole nitrogens is 1. The number of rotatable bonds is 2. The number of aromatic nitrogens is 3. The van der Waals surface area contributed by atoms with Crippen LogP contribution in [0.4, 0.5) is 5.69 Å². The van der Waals surface area contributed by atoms with Gasteiger partial charge in [-0.2, -0.15) is 5.26 Å². The summed E-state index contributed by atoms with van der Waals surface area (Å²) in [6.07, 6.45) is 0. The van der Waals surface area contributed by atoms with Crippen molar-refractivity contribution in [2.24, 2.45) is 0 Å². The summed E-state index contributed by atoms with van der Waals surface area (Å²) in [6, 6.07) is 6.60. The minimum atomic E-state index is -0.487. The van der Waals surface area contributed by atoms with Crippen LogP contribution in [0.2, 0.25) is 5.02 Å². The molecule has 0 radical (unpaired) electrons. The molecule has 1 aromatic carbocycles. The van der Waals surface area contributed by atoms with Crippen molar-refractivity contribution in [3.05, 3.63) is 40.4 Å². The summed E-state index contributed by atoms with van der Waals surface area (Å²) in [5.41, 5.74) is 0.520. The smallest absolute Gasteiger partial charge is 0.295 e. The number of hydrogen-bond acceptors (Lipinski definition) is 4. The predicted molar refractivity (Wildman–Crippen MR) is 79.2 cm³/mol. The molecule has 0 aliphatic rings. The van der Waals surface area contributed by atoms with Crippen LogP contribution in [-0.2, 0) is 5.41 Å². The quantitative estimate of drug-likeness (QED) is 0.891. The van der Waals surface area contributed by atoms with Crippen LogP contribution in [-0.4, -0.2) is 21.1 Å². The van der Waals surface area contributed by atoms with E-state index in [9.17, 15) is 4.79 Å². The van der Waals surface area contributed by atoms with E-state index in [0.29, 0.717) is 22.1 Å². The lowest BCUT2D eigenvalue weighted by Gasteiger charge is -2.12. The molecule has 2 rings (SSSR count). The van der Waals surface area contributed by atoms with E-state index in [0.717, 1.165) is 0 Å². The van der Waals surface area contributed by atoms with Crippen molar-refractivity contribution < 1.29 is 4.79 Å². The van der Waals surface area contributed by atoms with E-state index in [1.807, 2.05) is 26.8 Å². The van der Waals surface area contributed by atoms with Gasteiger partial charge < -0.3 is 5.32 Å². The Hall–Kier alpha value is -2.39. The van der Waals surface area contributed by atoms with Gasteiger partial charge in [0.05, 0.1) is 22.3 Å². The highest BCUT2D eigenvalue weighted by Gasteiger charge is 2.21. The number of nitrogens with one attached hydrogen (secondary N) is 2. The molecule has 0 fully saturated rings. The molecule has 1 amide bonds. The second kappa shape index (κ2) is 5.54. The third-order valence-electron chi connectivity index (χ3n) is 2.74. The number of carbonyl (C=O) groups excluding carboxylic acids is 1. The zero-order valence-corrected chi connectivity index (χ0v) is 12.6. The molecular weight excluding hydrogens is 290 g/mol. The summed E-state index contributed by atoms with van der Waals surface area (Å²) < 4.78 is 0. The summed E-state index contributed by atoms with van der Waals surface area (Å²) in [5.74, 6) is 0.154. The molecule has 2 N–H and O–H groups in total. The number of halogens is 1. The Morgan fingerprint density at radius 1 is 1.43 bits per heavy atom. The van der Waals surface area contributed by atoms with Crippen molar-refractivity contribution in [3.8, 4) is 6.07 Å². The van der Waals surface area contributed by atoms with E-state index in [1.165, 1.54) is 6.07 Å². The molecule has 0 unspecified atom stereocenters. The van der Waals surface area contributed by atoms with E-state index < -0.39 is 5.91 Å². The van der Waals surface area contributed by atoms with Crippen LogP contribution < -0.4 is 5.32 Å². The lowest BCUT2D eigenvalue weighted by molar-refractivity contribution is 0.101. The minimum Gasteiger partial charge on any atom is -0.318 e. The number of benzene rings is 1. The van der Waals surface area contributed by atoms with Crippen LogP contribution in [0.1, 0.15) is 42.8 Å². The minimum absolute atomic E-state index is 0.0263. The van der Waals surface area contributed by atoms with E-state index in [-0.39, 0.29) is 11.2 Å². The third kappa shape index (κ3) is 3.38. The molecule has 0 spiro atoms.